The van der Waals surface area contributed by atoms with Gasteiger partial charge in [-0.15, -0.1) is 12.3 Å². The summed E-state index contributed by atoms with van der Waals surface area (Å²) in [6, 6.07) is 4.37. The Morgan fingerprint density at radius 2 is 1.25 bits per heavy atom. The fraction of sp³-hybridized carbons (Fsp3) is 0.818. The average molecular weight is 184 g/mol. The van der Waals surface area contributed by atoms with E-state index in [1.165, 1.54) is 37.4 Å². The Bertz CT molecular complexity index is 101. The van der Waals surface area contributed by atoms with E-state index in [9.17, 15) is 0 Å². The summed E-state index contributed by atoms with van der Waals surface area (Å²) in [4.78, 5) is 0. The van der Waals surface area contributed by atoms with Crippen molar-refractivity contribution in [3.63, 3.8) is 0 Å². The molecule has 0 aliphatic heterocycles. The lowest BCUT2D eigenvalue weighted by Gasteiger charge is -2.27. The molecule has 0 amide bonds. The topological polar surface area (TPSA) is 0 Å². The molecule has 72 valence electrons. The van der Waals surface area contributed by atoms with Crippen molar-refractivity contribution in [3.8, 4) is 0 Å². The van der Waals surface area contributed by atoms with Crippen LogP contribution in [-0.4, -0.2) is 8.07 Å². The van der Waals surface area contributed by atoms with Crippen LogP contribution in [0.25, 0.3) is 0 Å². The molecule has 0 rings (SSSR count). The van der Waals surface area contributed by atoms with Crippen molar-refractivity contribution in [1.29, 1.82) is 0 Å². The molecule has 0 aromatic rings. The summed E-state index contributed by atoms with van der Waals surface area (Å²) < 4.78 is 0. The second kappa shape index (κ2) is 6.47. The van der Waals surface area contributed by atoms with Crippen LogP contribution in [0.3, 0.4) is 0 Å². The van der Waals surface area contributed by atoms with E-state index in [0.717, 1.165) is 0 Å². The van der Waals surface area contributed by atoms with Crippen LogP contribution in [0.15, 0.2) is 12.3 Å². The van der Waals surface area contributed by atoms with Gasteiger partial charge in [-0.2, -0.15) is 0 Å². The standard InChI is InChI=1S/C11H24Si/c1-5-9-12(8-4,10-6-2)11-7-3/h8H,4-7,9-11H2,1-3H3. The number of hydrogen-bond acceptors (Lipinski definition) is 0. The molecule has 1 heteroatoms. The quantitative estimate of drug-likeness (QED) is 0.515. The fourth-order valence-electron chi connectivity index (χ4n) is 2.17. The molecule has 0 atom stereocenters. The Kier molecular flexibility index (Phi) is 6.45. The van der Waals surface area contributed by atoms with Crippen LogP contribution in [0.1, 0.15) is 40.0 Å². The highest BCUT2D eigenvalue weighted by Gasteiger charge is 2.25. The van der Waals surface area contributed by atoms with E-state index in [0.29, 0.717) is 0 Å². The lowest BCUT2D eigenvalue weighted by molar-refractivity contribution is 0.936. The molecule has 0 spiro atoms. The molecular weight excluding hydrogens is 160 g/mol. The predicted octanol–water partition coefficient (Wildman–Crippen LogP) is 4.39. The van der Waals surface area contributed by atoms with Gasteiger partial charge in [-0.05, 0) is 0 Å². The number of rotatable bonds is 7. The minimum Gasteiger partial charge on any atom is -0.107 e. The molecular formula is C11H24Si. The zero-order valence-corrected chi connectivity index (χ0v) is 10.0. The van der Waals surface area contributed by atoms with Gasteiger partial charge in [0.05, 0.1) is 8.07 Å². The SMILES string of the molecule is C=C[Si](CCC)(CCC)CCC. The van der Waals surface area contributed by atoms with Gasteiger partial charge in [-0.1, -0.05) is 58.2 Å². The Morgan fingerprint density at radius 3 is 1.42 bits per heavy atom. The van der Waals surface area contributed by atoms with Crippen molar-refractivity contribution in [2.24, 2.45) is 0 Å². The van der Waals surface area contributed by atoms with E-state index in [1.54, 1.807) is 0 Å². The van der Waals surface area contributed by atoms with E-state index in [-0.39, 0.29) is 0 Å². The van der Waals surface area contributed by atoms with Crippen LogP contribution in [-0.2, 0) is 0 Å². The van der Waals surface area contributed by atoms with Crippen LogP contribution < -0.4 is 0 Å². The summed E-state index contributed by atoms with van der Waals surface area (Å²) in [6.07, 6.45) is 4.04. The maximum absolute atomic E-state index is 4.05. The zero-order chi connectivity index (χ0) is 9.45. The second-order valence-electron chi connectivity index (χ2n) is 3.82. The van der Waals surface area contributed by atoms with Gasteiger partial charge in [-0.3, -0.25) is 0 Å². The third-order valence-corrected chi connectivity index (χ3v) is 8.03. The summed E-state index contributed by atoms with van der Waals surface area (Å²) in [5, 5.41) is 0. The average Bonchev–Trinajstić information content (AvgIpc) is 2.06. The van der Waals surface area contributed by atoms with Crippen molar-refractivity contribution in [2.45, 2.75) is 58.2 Å². The van der Waals surface area contributed by atoms with Crippen molar-refractivity contribution in [3.05, 3.63) is 12.3 Å². The lowest BCUT2D eigenvalue weighted by atomic mass is 10.5. The van der Waals surface area contributed by atoms with Gasteiger partial charge >= 0.3 is 0 Å². The van der Waals surface area contributed by atoms with Crippen molar-refractivity contribution >= 4 is 8.07 Å². The molecule has 0 aliphatic rings. The van der Waals surface area contributed by atoms with Crippen molar-refractivity contribution in [2.75, 3.05) is 0 Å². The van der Waals surface area contributed by atoms with Gasteiger partial charge < -0.3 is 0 Å². The first-order chi connectivity index (χ1) is 5.74. The van der Waals surface area contributed by atoms with Crippen molar-refractivity contribution < 1.29 is 0 Å². The Morgan fingerprint density at radius 1 is 0.917 bits per heavy atom. The van der Waals surface area contributed by atoms with Gasteiger partial charge in [0.2, 0.25) is 0 Å². The molecule has 0 radical (unpaired) electrons. The van der Waals surface area contributed by atoms with Gasteiger partial charge in [0.1, 0.15) is 0 Å². The molecule has 12 heavy (non-hydrogen) atoms. The summed E-state index contributed by atoms with van der Waals surface area (Å²) >= 11 is 0. The molecule has 0 fully saturated rings. The van der Waals surface area contributed by atoms with Crippen LogP contribution >= 0.6 is 0 Å². The number of hydrogen-bond donors (Lipinski definition) is 0. The van der Waals surface area contributed by atoms with Gasteiger partial charge in [-0.25, -0.2) is 0 Å². The largest absolute Gasteiger partial charge is 0.107 e. The third kappa shape index (κ3) is 3.57. The highest BCUT2D eigenvalue weighted by molar-refractivity contribution is 6.84. The summed E-state index contributed by atoms with van der Waals surface area (Å²) in [7, 11) is -1.01. The highest BCUT2D eigenvalue weighted by Crippen LogP contribution is 2.26. The maximum Gasteiger partial charge on any atom is 0.0770 e. The third-order valence-electron chi connectivity index (χ3n) is 2.68. The molecule has 0 heterocycles. The van der Waals surface area contributed by atoms with E-state index < -0.39 is 8.07 Å². The molecule has 0 N–H and O–H groups in total. The monoisotopic (exact) mass is 184 g/mol. The van der Waals surface area contributed by atoms with E-state index in [4.69, 9.17) is 0 Å². The van der Waals surface area contributed by atoms with E-state index >= 15 is 0 Å². The maximum atomic E-state index is 4.05. The highest BCUT2D eigenvalue weighted by atomic mass is 28.3. The summed E-state index contributed by atoms with van der Waals surface area (Å²) in [5.74, 6) is 0. The normalized spacial score (nSPS) is 11.6. The van der Waals surface area contributed by atoms with Crippen LogP contribution in [0, 0.1) is 0 Å². The van der Waals surface area contributed by atoms with E-state index in [2.05, 4.69) is 33.0 Å². The summed E-state index contributed by atoms with van der Waals surface area (Å²) in [5.41, 5.74) is 2.34. The van der Waals surface area contributed by atoms with Crippen molar-refractivity contribution in [1.82, 2.24) is 0 Å². The molecule has 0 aliphatic carbocycles. The first-order valence-electron chi connectivity index (χ1n) is 5.38. The van der Waals surface area contributed by atoms with Crippen LogP contribution in [0.4, 0.5) is 0 Å². The van der Waals surface area contributed by atoms with Crippen LogP contribution in [0.2, 0.25) is 18.1 Å². The summed E-state index contributed by atoms with van der Waals surface area (Å²) in [6.45, 7) is 11.0. The molecule has 0 aromatic carbocycles. The van der Waals surface area contributed by atoms with Gasteiger partial charge in [0, 0.05) is 0 Å². The zero-order valence-electron chi connectivity index (χ0n) is 9.03. The first-order valence-corrected chi connectivity index (χ1v) is 8.08. The molecule has 0 aromatic heterocycles. The molecule has 0 bridgehead atoms. The lowest BCUT2D eigenvalue weighted by Crippen LogP contribution is -2.30. The van der Waals surface area contributed by atoms with E-state index in [1.807, 2.05) is 0 Å². The minimum atomic E-state index is -1.01. The fourth-order valence-corrected chi connectivity index (χ4v) is 6.52. The Balaban J connectivity index is 4.16. The molecule has 0 unspecified atom stereocenters. The predicted molar refractivity (Wildman–Crippen MR) is 61.2 cm³/mol. The molecule has 0 nitrogen and oxygen atoms in total. The minimum absolute atomic E-state index is 1.01. The molecule has 0 saturated carbocycles. The van der Waals surface area contributed by atoms with Gasteiger partial charge in [0.25, 0.3) is 0 Å². The second-order valence-corrected chi connectivity index (χ2v) is 8.45. The smallest absolute Gasteiger partial charge is 0.0770 e. The Hall–Kier alpha value is -0.0431. The van der Waals surface area contributed by atoms with Crippen LogP contribution in [0.5, 0.6) is 0 Å². The first kappa shape index (κ1) is 12.0. The Labute approximate surface area is 79.1 Å². The van der Waals surface area contributed by atoms with Gasteiger partial charge in [0.15, 0.2) is 0 Å². The molecule has 0 saturated heterocycles.